The summed E-state index contributed by atoms with van der Waals surface area (Å²) in [4.78, 5) is 22.5. The van der Waals surface area contributed by atoms with Gasteiger partial charge in [0.25, 0.3) is 0 Å². The van der Waals surface area contributed by atoms with Crippen LogP contribution < -0.4 is 10.6 Å². The van der Waals surface area contributed by atoms with Crippen LogP contribution in [-0.2, 0) is 22.4 Å². The van der Waals surface area contributed by atoms with Crippen LogP contribution in [0.1, 0.15) is 51.2 Å². The van der Waals surface area contributed by atoms with Gasteiger partial charge >= 0.3 is 0 Å². The van der Waals surface area contributed by atoms with Crippen LogP contribution in [0.3, 0.4) is 0 Å². The molecule has 0 saturated heterocycles. The van der Waals surface area contributed by atoms with Crippen LogP contribution >= 0.6 is 0 Å². The molecule has 0 fully saturated rings. The summed E-state index contributed by atoms with van der Waals surface area (Å²) in [6.07, 6.45) is 4.97. The SMILES string of the molecule is CCc1cc(NC(C=O)CCC(=O)NC)ccc1CC(C)CC. The average molecular weight is 318 g/mol. The Morgan fingerprint density at radius 1 is 1.26 bits per heavy atom. The molecule has 2 N–H and O–H groups in total. The second-order valence-electron chi connectivity index (χ2n) is 6.15. The number of benzene rings is 1. The summed E-state index contributed by atoms with van der Waals surface area (Å²) >= 11 is 0. The van der Waals surface area contributed by atoms with Crippen molar-refractivity contribution in [3.63, 3.8) is 0 Å². The molecule has 1 aromatic carbocycles. The number of aldehydes is 1. The monoisotopic (exact) mass is 318 g/mol. The molecule has 0 bridgehead atoms. The number of carbonyl (C=O) groups is 2. The lowest BCUT2D eigenvalue weighted by Gasteiger charge is -2.17. The lowest BCUT2D eigenvalue weighted by Crippen LogP contribution is -2.25. The van der Waals surface area contributed by atoms with Gasteiger partial charge in [-0.1, -0.05) is 33.3 Å². The van der Waals surface area contributed by atoms with Crippen LogP contribution in [0.15, 0.2) is 18.2 Å². The van der Waals surface area contributed by atoms with Crippen molar-refractivity contribution < 1.29 is 9.59 Å². The number of rotatable bonds is 10. The van der Waals surface area contributed by atoms with Gasteiger partial charge in [-0.05, 0) is 48.4 Å². The topological polar surface area (TPSA) is 58.2 Å². The molecule has 0 saturated carbocycles. The molecule has 4 nitrogen and oxygen atoms in total. The number of aryl methyl sites for hydroxylation is 1. The number of anilines is 1. The number of hydrogen-bond donors (Lipinski definition) is 2. The Balaban J connectivity index is 2.75. The van der Waals surface area contributed by atoms with E-state index in [1.54, 1.807) is 7.05 Å². The van der Waals surface area contributed by atoms with E-state index in [0.29, 0.717) is 18.8 Å². The van der Waals surface area contributed by atoms with Gasteiger partial charge in [0.05, 0.1) is 6.04 Å². The zero-order valence-electron chi connectivity index (χ0n) is 14.8. The number of hydrogen-bond acceptors (Lipinski definition) is 3. The molecule has 0 aliphatic heterocycles. The molecule has 1 rings (SSSR count). The first-order valence-corrected chi connectivity index (χ1v) is 8.58. The normalized spacial score (nSPS) is 13.2. The molecule has 0 aromatic heterocycles. The van der Waals surface area contributed by atoms with E-state index in [0.717, 1.165) is 24.8 Å². The Morgan fingerprint density at radius 3 is 2.57 bits per heavy atom. The summed E-state index contributed by atoms with van der Waals surface area (Å²) in [5.74, 6) is 0.631. The van der Waals surface area contributed by atoms with Gasteiger partial charge in [0.15, 0.2) is 0 Å². The first-order valence-electron chi connectivity index (χ1n) is 8.58. The predicted molar refractivity (Wildman–Crippen MR) is 95.8 cm³/mol. The number of nitrogens with one attached hydrogen (secondary N) is 2. The highest BCUT2D eigenvalue weighted by atomic mass is 16.1. The minimum Gasteiger partial charge on any atom is -0.376 e. The molecule has 2 atom stereocenters. The smallest absolute Gasteiger partial charge is 0.219 e. The molecule has 23 heavy (non-hydrogen) atoms. The van der Waals surface area contributed by atoms with Crippen LogP contribution in [0.5, 0.6) is 0 Å². The Morgan fingerprint density at radius 2 is 2.00 bits per heavy atom. The van der Waals surface area contributed by atoms with Gasteiger partial charge < -0.3 is 15.4 Å². The van der Waals surface area contributed by atoms with Crippen LogP contribution in [0, 0.1) is 5.92 Å². The quantitative estimate of drug-likeness (QED) is 0.651. The first-order chi connectivity index (χ1) is 11.0. The molecule has 128 valence electrons. The Labute approximate surface area is 140 Å². The van der Waals surface area contributed by atoms with Gasteiger partial charge in [-0.2, -0.15) is 0 Å². The number of carbonyl (C=O) groups excluding carboxylic acids is 2. The summed E-state index contributed by atoms with van der Waals surface area (Å²) in [7, 11) is 1.61. The molecule has 0 heterocycles. The van der Waals surface area contributed by atoms with E-state index in [9.17, 15) is 9.59 Å². The van der Waals surface area contributed by atoms with Crippen LogP contribution in [0.2, 0.25) is 0 Å². The second-order valence-corrected chi connectivity index (χ2v) is 6.15. The van der Waals surface area contributed by atoms with Gasteiger partial charge in [0, 0.05) is 19.2 Å². The summed E-state index contributed by atoms with van der Waals surface area (Å²) in [6, 6.07) is 5.99. The summed E-state index contributed by atoms with van der Waals surface area (Å²) < 4.78 is 0. The Bertz CT molecular complexity index is 514. The van der Waals surface area contributed by atoms with Crippen LogP contribution in [0.4, 0.5) is 5.69 Å². The van der Waals surface area contributed by atoms with Crippen LogP contribution in [-0.4, -0.2) is 25.3 Å². The van der Waals surface area contributed by atoms with Gasteiger partial charge in [0.2, 0.25) is 5.91 Å². The first kappa shape index (κ1) is 19.2. The van der Waals surface area contributed by atoms with E-state index in [2.05, 4.69) is 43.5 Å². The van der Waals surface area contributed by atoms with E-state index in [1.165, 1.54) is 17.5 Å². The number of amides is 1. The molecule has 0 spiro atoms. The summed E-state index contributed by atoms with van der Waals surface area (Å²) in [6.45, 7) is 6.64. The van der Waals surface area contributed by atoms with Crippen molar-refractivity contribution in [2.45, 2.75) is 58.9 Å². The van der Waals surface area contributed by atoms with E-state index in [4.69, 9.17) is 0 Å². The maximum atomic E-state index is 11.3. The second kappa shape index (κ2) is 10.0. The molecule has 2 unspecified atom stereocenters. The Kier molecular flexibility index (Phi) is 8.38. The van der Waals surface area contributed by atoms with Gasteiger partial charge in [-0.15, -0.1) is 0 Å². The van der Waals surface area contributed by atoms with Crippen molar-refractivity contribution in [2.24, 2.45) is 5.92 Å². The fourth-order valence-electron chi connectivity index (χ4n) is 2.56. The van der Waals surface area contributed by atoms with E-state index >= 15 is 0 Å². The molecule has 1 aromatic rings. The minimum absolute atomic E-state index is 0.0446. The van der Waals surface area contributed by atoms with Crippen molar-refractivity contribution in [2.75, 3.05) is 12.4 Å². The molecule has 4 heteroatoms. The molecular formula is C19H30N2O2. The average Bonchev–Trinajstić information content (AvgIpc) is 2.58. The molecule has 0 aliphatic carbocycles. The maximum absolute atomic E-state index is 11.3. The molecule has 0 aliphatic rings. The molecule has 1 amide bonds. The van der Waals surface area contributed by atoms with Crippen molar-refractivity contribution in [1.82, 2.24) is 5.32 Å². The highest BCUT2D eigenvalue weighted by Crippen LogP contribution is 2.21. The summed E-state index contributed by atoms with van der Waals surface area (Å²) in [5.41, 5.74) is 3.66. The highest BCUT2D eigenvalue weighted by molar-refractivity contribution is 5.76. The standard InChI is InChI=1S/C19H30N2O2/c1-5-14(3)11-16-7-8-17(12-15(16)6-2)21-18(13-22)9-10-19(23)20-4/h7-8,12-14,18,21H,5-6,9-11H2,1-4H3,(H,20,23). The van der Waals surface area contributed by atoms with E-state index in [-0.39, 0.29) is 11.9 Å². The van der Waals surface area contributed by atoms with Gasteiger partial charge in [-0.3, -0.25) is 4.79 Å². The Hall–Kier alpha value is -1.84. The fraction of sp³-hybridized carbons (Fsp3) is 0.579. The van der Waals surface area contributed by atoms with Crippen molar-refractivity contribution in [3.05, 3.63) is 29.3 Å². The van der Waals surface area contributed by atoms with Gasteiger partial charge in [-0.25, -0.2) is 0 Å². The third-order valence-electron chi connectivity index (χ3n) is 4.33. The molecule has 0 radical (unpaired) electrons. The summed E-state index contributed by atoms with van der Waals surface area (Å²) in [5, 5.41) is 5.80. The fourth-order valence-corrected chi connectivity index (χ4v) is 2.56. The minimum atomic E-state index is -0.336. The zero-order valence-corrected chi connectivity index (χ0v) is 14.8. The van der Waals surface area contributed by atoms with Crippen molar-refractivity contribution in [1.29, 1.82) is 0 Å². The zero-order chi connectivity index (χ0) is 17.2. The van der Waals surface area contributed by atoms with E-state index < -0.39 is 0 Å². The van der Waals surface area contributed by atoms with E-state index in [1.807, 2.05) is 6.07 Å². The predicted octanol–water partition coefficient (Wildman–Crippen LogP) is 3.34. The lowest BCUT2D eigenvalue weighted by molar-refractivity contribution is -0.120. The van der Waals surface area contributed by atoms with Crippen molar-refractivity contribution in [3.8, 4) is 0 Å². The third kappa shape index (κ3) is 6.43. The lowest BCUT2D eigenvalue weighted by atomic mass is 9.93. The van der Waals surface area contributed by atoms with Crippen LogP contribution in [0.25, 0.3) is 0 Å². The maximum Gasteiger partial charge on any atom is 0.219 e. The van der Waals surface area contributed by atoms with Crippen molar-refractivity contribution >= 4 is 17.9 Å². The highest BCUT2D eigenvalue weighted by Gasteiger charge is 2.11. The molecular weight excluding hydrogens is 288 g/mol. The largest absolute Gasteiger partial charge is 0.376 e. The van der Waals surface area contributed by atoms with Gasteiger partial charge in [0.1, 0.15) is 6.29 Å². The third-order valence-corrected chi connectivity index (χ3v) is 4.33.